The minimum Gasteiger partial charge on any atom is -0.494 e. The Morgan fingerprint density at radius 2 is 2.09 bits per heavy atom. The first-order valence-corrected chi connectivity index (χ1v) is 7.78. The SMILES string of the molecule is COc1ccc(C(=O)N2CC(F)(F)C(O)C23CCCC3)nc1Cl. The zero-order valence-electron chi connectivity index (χ0n) is 12.6. The number of hydrogen-bond acceptors (Lipinski definition) is 4. The van der Waals surface area contributed by atoms with Crippen LogP contribution in [0, 0.1) is 0 Å². The van der Waals surface area contributed by atoms with Crippen molar-refractivity contribution in [2.24, 2.45) is 0 Å². The van der Waals surface area contributed by atoms with Crippen LogP contribution in [0.1, 0.15) is 36.2 Å². The van der Waals surface area contributed by atoms with Gasteiger partial charge in [0.1, 0.15) is 11.8 Å². The lowest BCUT2D eigenvalue weighted by Gasteiger charge is -2.36. The number of rotatable bonds is 2. The van der Waals surface area contributed by atoms with E-state index in [1.54, 1.807) is 0 Å². The van der Waals surface area contributed by atoms with Gasteiger partial charge in [-0.25, -0.2) is 13.8 Å². The molecule has 1 spiro atoms. The van der Waals surface area contributed by atoms with Crippen LogP contribution in [0.5, 0.6) is 5.75 Å². The summed E-state index contributed by atoms with van der Waals surface area (Å²) in [6.45, 7) is -0.807. The Bertz CT molecular complexity index is 635. The molecule has 0 bridgehead atoms. The second-order valence-electron chi connectivity index (χ2n) is 6.06. The number of halogens is 3. The Morgan fingerprint density at radius 1 is 1.43 bits per heavy atom. The molecular formula is C15H17ClF2N2O3. The number of alkyl halides is 2. The molecule has 3 rings (SSSR count). The van der Waals surface area contributed by atoms with Crippen LogP contribution in [0.15, 0.2) is 12.1 Å². The fourth-order valence-corrected chi connectivity index (χ4v) is 3.86. The molecule has 5 nitrogen and oxygen atoms in total. The molecule has 1 aliphatic heterocycles. The molecule has 8 heteroatoms. The van der Waals surface area contributed by atoms with E-state index < -0.39 is 30.0 Å². The zero-order chi connectivity index (χ0) is 16.8. The Hall–Kier alpha value is -1.47. The minimum absolute atomic E-state index is 0.00896. The van der Waals surface area contributed by atoms with Crippen molar-refractivity contribution in [2.45, 2.75) is 43.2 Å². The normalized spacial score (nSPS) is 25.1. The number of aliphatic hydroxyl groups is 1. The number of nitrogens with zero attached hydrogens (tertiary/aromatic N) is 2. The molecule has 1 saturated carbocycles. The number of methoxy groups -OCH3 is 1. The van der Waals surface area contributed by atoms with Crippen molar-refractivity contribution < 1.29 is 23.4 Å². The van der Waals surface area contributed by atoms with E-state index in [9.17, 15) is 18.7 Å². The van der Waals surface area contributed by atoms with Crippen molar-refractivity contribution in [1.29, 1.82) is 0 Å². The highest BCUT2D eigenvalue weighted by molar-refractivity contribution is 6.31. The van der Waals surface area contributed by atoms with Gasteiger partial charge in [0.25, 0.3) is 11.8 Å². The topological polar surface area (TPSA) is 62.7 Å². The number of ether oxygens (including phenoxy) is 1. The van der Waals surface area contributed by atoms with Gasteiger partial charge in [-0.3, -0.25) is 4.79 Å². The van der Waals surface area contributed by atoms with Crippen molar-refractivity contribution >= 4 is 17.5 Å². The molecule has 1 saturated heterocycles. The first-order chi connectivity index (χ1) is 10.8. The van der Waals surface area contributed by atoms with Gasteiger partial charge < -0.3 is 14.7 Å². The molecule has 2 aliphatic rings. The lowest BCUT2D eigenvalue weighted by molar-refractivity contribution is -0.0959. The summed E-state index contributed by atoms with van der Waals surface area (Å²) in [6, 6.07) is 2.85. The van der Waals surface area contributed by atoms with Gasteiger partial charge >= 0.3 is 0 Å². The van der Waals surface area contributed by atoms with E-state index >= 15 is 0 Å². The standard InChI is InChI=1S/C15H17ClF2N2O3/c1-23-10-5-4-9(19-11(10)16)12(21)20-8-15(17,18)13(22)14(20)6-2-3-7-14/h4-5,13,22H,2-3,6-8H2,1H3. The monoisotopic (exact) mass is 346 g/mol. The van der Waals surface area contributed by atoms with Gasteiger partial charge in [0.05, 0.1) is 19.2 Å². The highest BCUT2D eigenvalue weighted by Gasteiger charge is 2.64. The molecule has 0 aromatic carbocycles. The maximum atomic E-state index is 14.0. The number of amides is 1. The average molecular weight is 347 g/mol. The second-order valence-corrected chi connectivity index (χ2v) is 6.41. The van der Waals surface area contributed by atoms with E-state index in [-0.39, 0.29) is 10.8 Å². The average Bonchev–Trinajstić information content (AvgIpc) is 3.07. The van der Waals surface area contributed by atoms with Gasteiger partial charge in [-0.1, -0.05) is 24.4 Å². The Kier molecular flexibility index (Phi) is 3.96. The molecule has 2 heterocycles. The molecule has 1 N–H and O–H groups in total. The van der Waals surface area contributed by atoms with Crippen LogP contribution in [-0.2, 0) is 0 Å². The van der Waals surface area contributed by atoms with Crippen LogP contribution in [0.2, 0.25) is 5.15 Å². The van der Waals surface area contributed by atoms with Crippen molar-refractivity contribution in [3.8, 4) is 5.75 Å². The lowest BCUT2D eigenvalue weighted by Crippen LogP contribution is -2.52. The van der Waals surface area contributed by atoms with Crippen LogP contribution in [0.25, 0.3) is 0 Å². The van der Waals surface area contributed by atoms with E-state index in [4.69, 9.17) is 16.3 Å². The van der Waals surface area contributed by atoms with Crippen molar-refractivity contribution in [3.63, 3.8) is 0 Å². The predicted octanol–water partition coefficient (Wildman–Crippen LogP) is 2.51. The fourth-order valence-electron chi connectivity index (χ4n) is 3.63. The van der Waals surface area contributed by atoms with Crippen molar-refractivity contribution in [2.75, 3.05) is 13.7 Å². The molecule has 1 unspecified atom stereocenters. The number of carbonyl (C=O) groups is 1. The summed E-state index contributed by atoms with van der Waals surface area (Å²) in [5, 5.41) is 10.1. The number of aliphatic hydroxyl groups excluding tert-OH is 1. The van der Waals surface area contributed by atoms with E-state index in [2.05, 4.69) is 4.98 Å². The zero-order valence-corrected chi connectivity index (χ0v) is 13.3. The largest absolute Gasteiger partial charge is 0.494 e. The van der Waals surface area contributed by atoms with Crippen LogP contribution in [0.3, 0.4) is 0 Å². The van der Waals surface area contributed by atoms with E-state index in [1.165, 1.54) is 19.2 Å². The van der Waals surface area contributed by atoms with Crippen molar-refractivity contribution in [1.82, 2.24) is 9.88 Å². The Balaban J connectivity index is 1.96. The van der Waals surface area contributed by atoms with Crippen molar-refractivity contribution in [3.05, 3.63) is 23.0 Å². The molecular weight excluding hydrogens is 330 g/mol. The molecule has 1 aromatic heterocycles. The van der Waals surface area contributed by atoms with Gasteiger partial charge in [0.2, 0.25) is 0 Å². The lowest BCUT2D eigenvalue weighted by atomic mass is 9.90. The summed E-state index contributed by atoms with van der Waals surface area (Å²) in [5.41, 5.74) is -1.25. The third-order valence-corrected chi connectivity index (χ3v) is 5.05. The molecule has 2 fully saturated rings. The van der Waals surface area contributed by atoms with Crippen LogP contribution in [-0.4, -0.2) is 52.1 Å². The summed E-state index contributed by atoms with van der Waals surface area (Å²) < 4.78 is 33.1. The van der Waals surface area contributed by atoms with Crippen LogP contribution in [0.4, 0.5) is 8.78 Å². The minimum atomic E-state index is -3.32. The van der Waals surface area contributed by atoms with E-state index in [1.807, 2.05) is 0 Å². The smallest absolute Gasteiger partial charge is 0.292 e. The molecule has 1 aliphatic carbocycles. The van der Waals surface area contributed by atoms with E-state index in [0.717, 1.165) is 4.90 Å². The Labute approximate surface area is 137 Å². The number of pyridine rings is 1. The highest BCUT2D eigenvalue weighted by atomic mass is 35.5. The molecule has 1 amide bonds. The first kappa shape index (κ1) is 16.4. The van der Waals surface area contributed by atoms with Crippen LogP contribution >= 0.6 is 11.6 Å². The molecule has 23 heavy (non-hydrogen) atoms. The third-order valence-electron chi connectivity index (χ3n) is 4.78. The molecule has 0 radical (unpaired) electrons. The quantitative estimate of drug-likeness (QED) is 0.836. The van der Waals surface area contributed by atoms with E-state index in [0.29, 0.717) is 31.4 Å². The summed E-state index contributed by atoms with van der Waals surface area (Å²) in [4.78, 5) is 17.7. The molecule has 1 atom stereocenters. The number of likely N-dealkylation sites (tertiary alicyclic amines) is 1. The number of carbonyl (C=O) groups excluding carboxylic acids is 1. The number of aromatic nitrogens is 1. The fraction of sp³-hybridized carbons (Fsp3) is 0.600. The Morgan fingerprint density at radius 3 is 2.65 bits per heavy atom. The second kappa shape index (κ2) is 5.56. The summed E-state index contributed by atoms with van der Waals surface area (Å²) in [6.07, 6.45) is 0.274. The predicted molar refractivity (Wildman–Crippen MR) is 79.0 cm³/mol. The number of hydrogen-bond donors (Lipinski definition) is 1. The third kappa shape index (κ3) is 2.46. The van der Waals surface area contributed by atoms with Gasteiger partial charge in [-0.05, 0) is 25.0 Å². The summed E-state index contributed by atoms with van der Waals surface area (Å²) in [7, 11) is 1.41. The maximum Gasteiger partial charge on any atom is 0.292 e. The summed E-state index contributed by atoms with van der Waals surface area (Å²) >= 11 is 5.91. The maximum absolute atomic E-state index is 14.0. The molecule has 1 aromatic rings. The highest BCUT2D eigenvalue weighted by Crippen LogP contribution is 2.49. The molecule has 126 valence electrons. The van der Waals surface area contributed by atoms with Gasteiger partial charge in [-0.15, -0.1) is 0 Å². The van der Waals surface area contributed by atoms with Gasteiger partial charge in [-0.2, -0.15) is 0 Å². The first-order valence-electron chi connectivity index (χ1n) is 7.40. The summed E-state index contributed by atoms with van der Waals surface area (Å²) in [5.74, 6) is -3.67. The van der Waals surface area contributed by atoms with Gasteiger partial charge in [0, 0.05) is 0 Å². The van der Waals surface area contributed by atoms with Crippen LogP contribution < -0.4 is 4.74 Å². The van der Waals surface area contributed by atoms with Gasteiger partial charge in [0.15, 0.2) is 10.9 Å².